The fraction of sp³-hybridized carbons (Fsp3) is 0.188. The van der Waals surface area contributed by atoms with Gasteiger partial charge < -0.3 is 4.90 Å². The molecule has 22 heavy (non-hydrogen) atoms. The maximum atomic E-state index is 12.4. The molecule has 1 amide bonds. The van der Waals surface area contributed by atoms with Crippen LogP contribution in [-0.4, -0.2) is 16.2 Å². The minimum absolute atomic E-state index is 0.0257. The average Bonchev–Trinajstić information content (AvgIpc) is 2.54. The van der Waals surface area contributed by atoms with Crippen molar-refractivity contribution < 1.29 is 9.72 Å². The highest BCUT2D eigenvalue weighted by Gasteiger charge is 2.18. The van der Waals surface area contributed by atoms with Gasteiger partial charge in [-0.3, -0.25) is 14.9 Å². The van der Waals surface area contributed by atoms with Gasteiger partial charge in [-0.1, -0.05) is 52.3 Å². The monoisotopic (exact) mass is 362 g/mol. The molecule has 0 atom stereocenters. The Morgan fingerprint density at radius 3 is 2.50 bits per heavy atom. The third-order valence-corrected chi connectivity index (χ3v) is 3.54. The lowest BCUT2D eigenvalue weighted by atomic mass is 10.1. The zero-order valence-electron chi connectivity index (χ0n) is 11.8. The zero-order chi connectivity index (χ0) is 15.9. The van der Waals surface area contributed by atoms with E-state index in [1.807, 2.05) is 30.3 Å². The SMILES string of the molecule is O=C(CCBr)N(Cc1ccccc1)c1cccc([N+](=O)[O-])c1. The Bertz CT molecular complexity index is 661. The molecule has 0 fully saturated rings. The smallest absolute Gasteiger partial charge is 0.271 e. The van der Waals surface area contributed by atoms with Gasteiger partial charge in [-0.25, -0.2) is 0 Å². The summed E-state index contributed by atoms with van der Waals surface area (Å²) in [5.41, 5.74) is 1.48. The highest BCUT2D eigenvalue weighted by Crippen LogP contribution is 2.23. The van der Waals surface area contributed by atoms with Crippen molar-refractivity contribution in [1.29, 1.82) is 0 Å². The second-order valence-corrected chi connectivity index (χ2v) is 5.47. The summed E-state index contributed by atoms with van der Waals surface area (Å²) in [5.74, 6) is -0.0822. The highest BCUT2D eigenvalue weighted by molar-refractivity contribution is 9.09. The van der Waals surface area contributed by atoms with Gasteiger partial charge >= 0.3 is 0 Å². The molecular formula is C16H15BrN2O3. The lowest BCUT2D eigenvalue weighted by Crippen LogP contribution is -2.30. The molecule has 0 aliphatic rings. The van der Waals surface area contributed by atoms with Crippen molar-refractivity contribution >= 4 is 33.2 Å². The number of alkyl halides is 1. The maximum absolute atomic E-state index is 12.4. The van der Waals surface area contributed by atoms with Crippen LogP contribution in [0.4, 0.5) is 11.4 Å². The Morgan fingerprint density at radius 2 is 1.86 bits per heavy atom. The Labute approximate surface area is 136 Å². The molecule has 0 bridgehead atoms. The van der Waals surface area contributed by atoms with Crippen molar-refractivity contribution in [2.45, 2.75) is 13.0 Å². The van der Waals surface area contributed by atoms with E-state index < -0.39 is 4.92 Å². The molecule has 114 valence electrons. The standard InChI is InChI=1S/C16H15BrN2O3/c17-10-9-16(20)18(12-13-5-2-1-3-6-13)14-7-4-8-15(11-14)19(21)22/h1-8,11H,9-10,12H2. The van der Waals surface area contributed by atoms with E-state index in [2.05, 4.69) is 15.9 Å². The molecule has 0 spiro atoms. The largest absolute Gasteiger partial charge is 0.308 e. The first-order chi connectivity index (χ1) is 10.6. The molecular weight excluding hydrogens is 348 g/mol. The van der Waals surface area contributed by atoms with Crippen LogP contribution in [0.2, 0.25) is 0 Å². The summed E-state index contributed by atoms with van der Waals surface area (Å²) in [6, 6.07) is 15.7. The summed E-state index contributed by atoms with van der Waals surface area (Å²) in [6.07, 6.45) is 0.329. The number of carbonyl (C=O) groups is 1. The third kappa shape index (κ3) is 4.14. The Morgan fingerprint density at radius 1 is 1.14 bits per heavy atom. The van der Waals surface area contributed by atoms with Crippen molar-refractivity contribution in [3.63, 3.8) is 0 Å². The van der Waals surface area contributed by atoms with E-state index in [4.69, 9.17) is 0 Å². The number of carbonyl (C=O) groups excluding carboxylic acids is 1. The van der Waals surface area contributed by atoms with Crippen LogP contribution in [0.5, 0.6) is 0 Å². The van der Waals surface area contributed by atoms with E-state index >= 15 is 0 Å². The van der Waals surface area contributed by atoms with Crippen LogP contribution >= 0.6 is 15.9 Å². The van der Waals surface area contributed by atoms with Crippen LogP contribution < -0.4 is 4.90 Å². The number of benzene rings is 2. The van der Waals surface area contributed by atoms with Gasteiger partial charge in [0.1, 0.15) is 0 Å². The molecule has 0 aliphatic heterocycles. The van der Waals surface area contributed by atoms with Crippen LogP contribution in [0.3, 0.4) is 0 Å². The van der Waals surface area contributed by atoms with Crippen LogP contribution in [0, 0.1) is 10.1 Å². The first kappa shape index (κ1) is 16.2. The van der Waals surface area contributed by atoms with E-state index in [0.717, 1.165) is 5.56 Å². The van der Waals surface area contributed by atoms with Crippen molar-refractivity contribution in [3.05, 3.63) is 70.3 Å². The highest BCUT2D eigenvalue weighted by atomic mass is 79.9. The quantitative estimate of drug-likeness (QED) is 0.444. The molecule has 0 radical (unpaired) electrons. The number of amides is 1. The summed E-state index contributed by atoms with van der Waals surface area (Å²) in [5, 5.41) is 11.5. The zero-order valence-corrected chi connectivity index (χ0v) is 13.4. The van der Waals surface area contributed by atoms with E-state index in [-0.39, 0.29) is 11.6 Å². The van der Waals surface area contributed by atoms with Gasteiger partial charge in [-0.05, 0) is 11.6 Å². The number of nitro benzene ring substituents is 1. The second-order valence-electron chi connectivity index (χ2n) is 4.68. The van der Waals surface area contributed by atoms with Gasteiger partial charge in [0, 0.05) is 23.9 Å². The van der Waals surface area contributed by atoms with E-state index in [9.17, 15) is 14.9 Å². The van der Waals surface area contributed by atoms with E-state index in [0.29, 0.717) is 24.0 Å². The number of nitro groups is 1. The van der Waals surface area contributed by atoms with Gasteiger partial charge in [0.25, 0.3) is 5.69 Å². The minimum atomic E-state index is -0.459. The summed E-state index contributed by atoms with van der Waals surface area (Å²) in [6.45, 7) is 0.383. The van der Waals surface area contributed by atoms with Crippen LogP contribution in [0.15, 0.2) is 54.6 Å². The molecule has 0 saturated heterocycles. The minimum Gasteiger partial charge on any atom is -0.308 e. The first-order valence-electron chi connectivity index (χ1n) is 6.76. The van der Waals surface area contributed by atoms with Crippen molar-refractivity contribution in [1.82, 2.24) is 0 Å². The fourth-order valence-electron chi connectivity index (χ4n) is 2.08. The maximum Gasteiger partial charge on any atom is 0.271 e. The number of hydrogen-bond donors (Lipinski definition) is 0. The number of halogens is 1. The van der Waals surface area contributed by atoms with Crippen molar-refractivity contribution in [2.24, 2.45) is 0 Å². The number of rotatable bonds is 6. The van der Waals surface area contributed by atoms with Gasteiger partial charge in [0.15, 0.2) is 0 Å². The Hall–Kier alpha value is -2.21. The lowest BCUT2D eigenvalue weighted by molar-refractivity contribution is -0.384. The summed E-state index contributed by atoms with van der Waals surface area (Å²) in [7, 11) is 0. The molecule has 2 aromatic carbocycles. The number of hydrogen-bond acceptors (Lipinski definition) is 3. The Kier molecular flexibility index (Phi) is 5.66. The molecule has 0 unspecified atom stereocenters. The number of non-ortho nitro benzene ring substituents is 1. The van der Waals surface area contributed by atoms with Gasteiger partial charge in [0.05, 0.1) is 17.2 Å². The molecule has 6 heteroatoms. The van der Waals surface area contributed by atoms with E-state index in [1.165, 1.54) is 12.1 Å². The van der Waals surface area contributed by atoms with Crippen molar-refractivity contribution in [3.8, 4) is 0 Å². The second kappa shape index (κ2) is 7.70. The fourth-order valence-corrected chi connectivity index (χ4v) is 2.42. The van der Waals surface area contributed by atoms with Gasteiger partial charge in [0.2, 0.25) is 5.91 Å². The van der Waals surface area contributed by atoms with Crippen LogP contribution in [-0.2, 0) is 11.3 Å². The normalized spacial score (nSPS) is 10.2. The van der Waals surface area contributed by atoms with Gasteiger partial charge in [-0.15, -0.1) is 0 Å². The third-order valence-electron chi connectivity index (χ3n) is 3.15. The molecule has 2 rings (SSSR count). The van der Waals surface area contributed by atoms with Crippen LogP contribution in [0.25, 0.3) is 0 Å². The van der Waals surface area contributed by atoms with Crippen LogP contribution in [0.1, 0.15) is 12.0 Å². The molecule has 0 heterocycles. The number of nitrogens with zero attached hydrogens (tertiary/aromatic N) is 2. The molecule has 0 aliphatic carbocycles. The van der Waals surface area contributed by atoms with E-state index in [1.54, 1.807) is 17.0 Å². The predicted octanol–water partition coefficient (Wildman–Crippen LogP) is 3.91. The van der Waals surface area contributed by atoms with Gasteiger partial charge in [-0.2, -0.15) is 0 Å². The molecule has 0 saturated carbocycles. The average molecular weight is 363 g/mol. The number of anilines is 1. The topological polar surface area (TPSA) is 63.5 Å². The molecule has 0 aromatic heterocycles. The Balaban J connectivity index is 2.33. The first-order valence-corrected chi connectivity index (χ1v) is 7.88. The molecule has 2 aromatic rings. The molecule has 5 nitrogen and oxygen atoms in total. The summed E-state index contributed by atoms with van der Waals surface area (Å²) >= 11 is 3.26. The summed E-state index contributed by atoms with van der Waals surface area (Å²) < 4.78 is 0. The molecule has 0 N–H and O–H groups in total. The lowest BCUT2D eigenvalue weighted by Gasteiger charge is -2.22. The summed E-state index contributed by atoms with van der Waals surface area (Å²) in [4.78, 5) is 24.4. The predicted molar refractivity (Wildman–Crippen MR) is 89.1 cm³/mol. The van der Waals surface area contributed by atoms with Crippen molar-refractivity contribution in [2.75, 3.05) is 10.2 Å².